The SMILES string of the molecule is CC/C=C\C/C=C\C/C=C\C/C=C\C/C=C\C/C=C\C/C=C\CCCCCCCC(=O)OCC(COC(=O)CCCCCCC/C=C\CCCCCC)OC(=O)CCCCCCCCCCCCCCCCCCCCCCC. The van der Waals surface area contributed by atoms with Gasteiger partial charge in [-0.25, -0.2) is 0 Å². The molecule has 0 saturated carbocycles. The van der Waals surface area contributed by atoms with Gasteiger partial charge in [0.05, 0.1) is 0 Å². The van der Waals surface area contributed by atoms with E-state index in [-0.39, 0.29) is 31.1 Å². The monoisotopic (exact) mass is 1100 g/mol. The van der Waals surface area contributed by atoms with Crippen molar-refractivity contribution in [1.29, 1.82) is 0 Å². The van der Waals surface area contributed by atoms with Crippen LogP contribution < -0.4 is 0 Å². The van der Waals surface area contributed by atoms with Gasteiger partial charge in [-0.2, -0.15) is 0 Å². The Morgan fingerprint density at radius 1 is 0.266 bits per heavy atom. The highest BCUT2D eigenvalue weighted by molar-refractivity contribution is 5.71. The molecule has 0 bridgehead atoms. The average molecular weight is 1100 g/mol. The highest BCUT2D eigenvalue weighted by Crippen LogP contribution is 2.17. The molecule has 0 aliphatic heterocycles. The molecule has 0 aromatic rings. The zero-order chi connectivity index (χ0) is 57.1. The van der Waals surface area contributed by atoms with Crippen molar-refractivity contribution in [2.24, 2.45) is 0 Å². The van der Waals surface area contributed by atoms with Crippen LogP contribution in [-0.2, 0) is 28.6 Å². The van der Waals surface area contributed by atoms with E-state index in [1.165, 1.54) is 161 Å². The normalized spacial score (nSPS) is 12.7. The maximum atomic E-state index is 12.9. The van der Waals surface area contributed by atoms with E-state index in [1.54, 1.807) is 0 Å². The molecular formula is C73H126O6. The predicted molar refractivity (Wildman–Crippen MR) is 344 cm³/mol. The molecule has 0 spiro atoms. The highest BCUT2D eigenvalue weighted by Gasteiger charge is 2.19. The molecule has 0 aromatic carbocycles. The van der Waals surface area contributed by atoms with Gasteiger partial charge >= 0.3 is 17.9 Å². The Morgan fingerprint density at radius 2 is 0.494 bits per heavy atom. The summed E-state index contributed by atoms with van der Waals surface area (Å²) in [6, 6.07) is 0. The van der Waals surface area contributed by atoms with Crippen LogP contribution in [0.15, 0.2) is 97.2 Å². The van der Waals surface area contributed by atoms with Crippen LogP contribution >= 0.6 is 0 Å². The van der Waals surface area contributed by atoms with Crippen LogP contribution in [0.5, 0.6) is 0 Å². The Morgan fingerprint density at radius 3 is 0.797 bits per heavy atom. The van der Waals surface area contributed by atoms with Crippen molar-refractivity contribution in [3.8, 4) is 0 Å². The zero-order valence-electron chi connectivity index (χ0n) is 52.1. The van der Waals surface area contributed by atoms with Crippen molar-refractivity contribution in [2.75, 3.05) is 13.2 Å². The second kappa shape index (κ2) is 66.8. The summed E-state index contributed by atoms with van der Waals surface area (Å²) >= 11 is 0. The molecular weight excluding hydrogens is 973 g/mol. The molecule has 0 radical (unpaired) electrons. The van der Waals surface area contributed by atoms with Crippen LogP contribution in [0.1, 0.15) is 329 Å². The van der Waals surface area contributed by atoms with E-state index in [4.69, 9.17) is 14.2 Å². The van der Waals surface area contributed by atoms with Crippen LogP contribution in [0, 0.1) is 0 Å². The number of hydrogen-bond acceptors (Lipinski definition) is 6. The number of esters is 3. The summed E-state index contributed by atoms with van der Waals surface area (Å²) in [5.74, 6) is -0.899. The summed E-state index contributed by atoms with van der Waals surface area (Å²) in [6.07, 6.45) is 89.9. The minimum atomic E-state index is -0.789. The summed E-state index contributed by atoms with van der Waals surface area (Å²) in [6.45, 7) is 6.53. The summed E-state index contributed by atoms with van der Waals surface area (Å²) in [7, 11) is 0. The lowest BCUT2D eigenvalue weighted by Crippen LogP contribution is -2.30. The van der Waals surface area contributed by atoms with E-state index in [2.05, 4.69) is 118 Å². The van der Waals surface area contributed by atoms with Crippen LogP contribution in [-0.4, -0.2) is 37.2 Å². The number of hydrogen-bond donors (Lipinski definition) is 0. The van der Waals surface area contributed by atoms with Crippen molar-refractivity contribution < 1.29 is 28.6 Å². The van der Waals surface area contributed by atoms with E-state index < -0.39 is 6.10 Å². The van der Waals surface area contributed by atoms with Gasteiger partial charge in [0, 0.05) is 19.3 Å². The van der Waals surface area contributed by atoms with Gasteiger partial charge < -0.3 is 14.2 Å². The molecule has 454 valence electrons. The van der Waals surface area contributed by atoms with Gasteiger partial charge in [-0.3, -0.25) is 14.4 Å². The number of rotatable bonds is 61. The van der Waals surface area contributed by atoms with E-state index in [9.17, 15) is 14.4 Å². The van der Waals surface area contributed by atoms with Crippen molar-refractivity contribution in [3.63, 3.8) is 0 Å². The minimum Gasteiger partial charge on any atom is -0.462 e. The predicted octanol–water partition coefficient (Wildman–Crippen LogP) is 23.2. The standard InChI is InChI=1S/C73H126O6/c1-4-7-10-13-16-19-22-25-27-29-31-33-34-35-36-37-38-40-41-43-45-48-51-54-57-60-63-66-72(75)78-69-70(68-77-71(74)65-62-59-56-53-50-47-24-21-18-15-12-9-6-3)79-73(76)67-64-61-58-55-52-49-46-44-42-39-32-30-28-26-23-20-17-14-11-8-5-2/h7,10,16,19,21,24-25,27,31,33,35-36,38,40,43,45,70H,4-6,8-9,11-15,17-18,20,22-23,26,28-30,32,34,37,39,41-42,44,46-69H2,1-3H3/b10-7-,19-16-,24-21-,27-25-,33-31-,36-35-,40-38-,45-43-. The third kappa shape index (κ3) is 65.0. The molecule has 0 amide bonds. The number of unbranched alkanes of at least 4 members (excludes halogenated alkanes) is 34. The number of carbonyl (C=O) groups excluding carboxylic acids is 3. The van der Waals surface area contributed by atoms with Gasteiger partial charge in [-0.15, -0.1) is 0 Å². The smallest absolute Gasteiger partial charge is 0.306 e. The van der Waals surface area contributed by atoms with Crippen LogP contribution in [0.4, 0.5) is 0 Å². The molecule has 1 unspecified atom stereocenters. The lowest BCUT2D eigenvalue weighted by atomic mass is 10.0. The lowest BCUT2D eigenvalue weighted by Gasteiger charge is -2.18. The molecule has 6 nitrogen and oxygen atoms in total. The van der Waals surface area contributed by atoms with Crippen LogP contribution in [0.3, 0.4) is 0 Å². The van der Waals surface area contributed by atoms with Crippen molar-refractivity contribution in [1.82, 2.24) is 0 Å². The van der Waals surface area contributed by atoms with E-state index >= 15 is 0 Å². The quantitative estimate of drug-likeness (QED) is 0.0261. The second-order valence-corrected chi connectivity index (χ2v) is 22.4. The average Bonchev–Trinajstić information content (AvgIpc) is 3.45. The third-order valence-corrected chi connectivity index (χ3v) is 14.6. The molecule has 0 fully saturated rings. The number of carbonyl (C=O) groups is 3. The Kier molecular flexibility index (Phi) is 63.7. The maximum Gasteiger partial charge on any atom is 0.306 e. The molecule has 0 aliphatic carbocycles. The van der Waals surface area contributed by atoms with Crippen molar-refractivity contribution in [2.45, 2.75) is 335 Å². The van der Waals surface area contributed by atoms with Gasteiger partial charge in [-0.1, -0.05) is 304 Å². The van der Waals surface area contributed by atoms with Crippen LogP contribution in [0.2, 0.25) is 0 Å². The second-order valence-electron chi connectivity index (χ2n) is 22.4. The molecule has 0 N–H and O–H groups in total. The van der Waals surface area contributed by atoms with Gasteiger partial charge in [-0.05, 0) is 103 Å². The first-order valence-electron chi connectivity index (χ1n) is 33.7. The first kappa shape index (κ1) is 75.3. The summed E-state index contributed by atoms with van der Waals surface area (Å²) in [4.78, 5) is 38.4. The van der Waals surface area contributed by atoms with Crippen molar-refractivity contribution >= 4 is 17.9 Å². The third-order valence-electron chi connectivity index (χ3n) is 14.6. The lowest BCUT2D eigenvalue weighted by molar-refractivity contribution is -0.167. The first-order valence-corrected chi connectivity index (χ1v) is 33.7. The molecule has 0 saturated heterocycles. The molecule has 0 rings (SSSR count). The largest absolute Gasteiger partial charge is 0.462 e. The Bertz CT molecular complexity index is 1540. The summed E-state index contributed by atoms with van der Waals surface area (Å²) in [5.41, 5.74) is 0. The number of allylic oxidation sites excluding steroid dienone is 16. The molecule has 0 aliphatic rings. The summed E-state index contributed by atoms with van der Waals surface area (Å²) < 4.78 is 16.9. The van der Waals surface area contributed by atoms with Gasteiger partial charge in [0.2, 0.25) is 0 Å². The maximum absolute atomic E-state index is 12.9. The molecule has 0 heterocycles. The fourth-order valence-electron chi connectivity index (χ4n) is 9.54. The topological polar surface area (TPSA) is 78.9 Å². The Hall–Kier alpha value is -3.67. The first-order chi connectivity index (χ1) is 39.0. The Balaban J connectivity index is 4.35. The van der Waals surface area contributed by atoms with Gasteiger partial charge in [0.25, 0.3) is 0 Å². The molecule has 1 atom stereocenters. The Labute approximate surface area is 489 Å². The summed E-state index contributed by atoms with van der Waals surface area (Å²) in [5, 5.41) is 0. The molecule has 0 aromatic heterocycles. The van der Waals surface area contributed by atoms with E-state index in [0.29, 0.717) is 19.3 Å². The van der Waals surface area contributed by atoms with E-state index in [1.807, 2.05) is 0 Å². The molecule has 6 heteroatoms. The van der Waals surface area contributed by atoms with Gasteiger partial charge in [0.15, 0.2) is 6.10 Å². The fraction of sp³-hybridized carbons (Fsp3) is 0.740. The minimum absolute atomic E-state index is 0.0855. The number of ether oxygens (including phenoxy) is 3. The van der Waals surface area contributed by atoms with Crippen molar-refractivity contribution in [3.05, 3.63) is 97.2 Å². The molecule has 79 heavy (non-hydrogen) atoms. The van der Waals surface area contributed by atoms with Crippen LogP contribution in [0.25, 0.3) is 0 Å². The highest BCUT2D eigenvalue weighted by atomic mass is 16.6. The van der Waals surface area contributed by atoms with Gasteiger partial charge in [0.1, 0.15) is 13.2 Å². The fourth-order valence-corrected chi connectivity index (χ4v) is 9.54. The van der Waals surface area contributed by atoms with E-state index in [0.717, 1.165) is 128 Å². The zero-order valence-corrected chi connectivity index (χ0v) is 52.1.